The summed E-state index contributed by atoms with van der Waals surface area (Å²) < 4.78 is 0.884. The van der Waals surface area contributed by atoms with E-state index in [-0.39, 0.29) is 11.8 Å². The predicted octanol–water partition coefficient (Wildman–Crippen LogP) is 4.42. The number of carbonyl (C=O) groups is 2. The molecule has 2 aromatic carbocycles. The van der Waals surface area contributed by atoms with Crippen molar-refractivity contribution in [2.45, 2.75) is 6.17 Å². The minimum absolute atomic E-state index is 0.247. The van der Waals surface area contributed by atoms with Crippen molar-refractivity contribution in [1.29, 1.82) is 0 Å². The lowest BCUT2D eigenvalue weighted by molar-refractivity contribution is 0.0494. The van der Waals surface area contributed by atoms with E-state index in [2.05, 4.69) is 26.7 Å². The minimum Gasteiger partial charge on any atom is -0.359 e. The maximum absolute atomic E-state index is 13.0. The van der Waals surface area contributed by atoms with Crippen LogP contribution in [0.3, 0.4) is 0 Å². The van der Waals surface area contributed by atoms with Crippen LogP contribution in [0.4, 0.5) is 5.69 Å². The molecule has 1 aliphatic heterocycles. The first-order chi connectivity index (χ1) is 12.6. The molecular weight excluding hydrogens is 414 g/mol. The average Bonchev–Trinajstić information content (AvgIpc) is 3.19. The molecule has 2 N–H and O–H groups in total. The number of anilines is 1. The fourth-order valence-electron chi connectivity index (χ4n) is 2.79. The first-order valence-corrected chi connectivity index (χ1v) is 9.60. The van der Waals surface area contributed by atoms with Crippen molar-refractivity contribution >= 4 is 44.8 Å². The van der Waals surface area contributed by atoms with Gasteiger partial charge in [-0.3, -0.25) is 15.0 Å². The molecule has 0 spiro atoms. The van der Waals surface area contributed by atoms with Crippen LogP contribution < -0.4 is 10.7 Å². The van der Waals surface area contributed by atoms with Gasteiger partial charge in [0.25, 0.3) is 11.8 Å². The third-order valence-electron chi connectivity index (χ3n) is 4.07. The van der Waals surface area contributed by atoms with Gasteiger partial charge in [-0.2, -0.15) is 0 Å². The van der Waals surface area contributed by atoms with Crippen molar-refractivity contribution < 1.29 is 9.59 Å². The maximum atomic E-state index is 13.0. The van der Waals surface area contributed by atoms with Gasteiger partial charge in [0.1, 0.15) is 0 Å². The fourth-order valence-corrected chi connectivity index (χ4v) is 3.82. The number of hydrogen-bond donors (Lipinski definition) is 2. The summed E-state index contributed by atoms with van der Waals surface area (Å²) in [5.41, 5.74) is 4.51. The third kappa shape index (κ3) is 3.11. The molecule has 0 aliphatic carbocycles. The van der Waals surface area contributed by atoms with Crippen molar-refractivity contribution in [3.05, 3.63) is 86.5 Å². The number of carbonyl (C=O) groups excluding carboxylic acids is 2. The lowest BCUT2D eigenvalue weighted by Gasteiger charge is -2.37. The molecule has 1 aromatic heterocycles. The van der Waals surface area contributed by atoms with Gasteiger partial charge in [-0.1, -0.05) is 34.1 Å². The predicted molar refractivity (Wildman–Crippen MR) is 105 cm³/mol. The Morgan fingerprint density at radius 2 is 1.85 bits per heavy atom. The molecule has 1 unspecified atom stereocenters. The average molecular weight is 428 g/mol. The standard InChI is InChI=1S/C19H14BrN3O2S/c20-13-9-7-12(8-10-13)18(24)22-23-17(16-6-3-11-26-16)21-15-5-2-1-4-14(15)19(23)25/h1-11,17,21H,(H,22,24). The maximum Gasteiger partial charge on any atom is 0.276 e. The van der Waals surface area contributed by atoms with Gasteiger partial charge in [0.05, 0.1) is 5.56 Å². The van der Waals surface area contributed by atoms with Crippen molar-refractivity contribution in [3.8, 4) is 0 Å². The van der Waals surface area contributed by atoms with Gasteiger partial charge in [-0.05, 0) is 47.8 Å². The highest BCUT2D eigenvalue weighted by Gasteiger charge is 2.34. The van der Waals surface area contributed by atoms with Crippen molar-refractivity contribution in [2.24, 2.45) is 0 Å². The monoisotopic (exact) mass is 427 g/mol. The number of nitrogens with one attached hydrogen (secondary N) is 2. The van der Waals surface area contributed by atoms with E-state index in [9.17, 15) is 9.59 Å². The fraction of sp³-hybridized carbons (Fsp3) is 0.0526. The third-order valence-corrected chi connectivity index (χ3v) is 5.52. The summed E-state index contributed by atoms with van der Waals surface area (Å²) in [4.78, 5) is 26.6. The Hall–Kier alpha value is -2.64. The first kappa shape index (κ1) is 16.8. The van der Waals surface area contributed by atoms with Crippen molar-refractivity contribution in [2.75, 3.05) is 5.32 Å². The molecule has 4 rings (SSSR count). The summed E-state index contributed by atoms with van der Waals surface area (Å²) in [5, 5.41) is 6.64. The number of nitrogens with zero attached hydrogens (tertiary/aromatic N) is 1. The van der Waals surface area contributed by atoms with Crippen LogP contribution in [0.5, 0.6) is 0 Å². The van der Waals surface area contributed by atoms with Gasteiger partial charge in [-0.25, -0.2) is 5.01 Å². The van der Waals surface area contributed by atoms with Gasteiger partial charge in [0.15, 0.2) is 6.17 Å². The molecule has 0 saturated heterocycles. The highest BCUT2D eigenvalue weighted by Crippen LogP contribution is 2.33. The number of para-hydroxylation sites is 1. The molecule has 1 atom stereocenters. The summed E-state index contributed by atoms with van der Waals surface area (Å²) >= 11 is 4.87. The number of benzene rings is 2. The number of amides is 2. The molecular formula is C19H14BrN3O2S. The highest BCUT2D eigenvalue weighted by atomic mass is 79.9. The van der Waals surface area contributed by atoms with Gasteiger partial charge in [0.2, 0.25) is 0 Å². The zero-order valence-corrected chi connectivity index (χ0v) is 15.9. The van der Waals surface area contributed by atoms with Crippen LogP contribution in [-0.2, 0) is 0 Å². The molecule has 5 nitrogen and oxygen atoms in total. The normalized spacial score (nSPS) is 16.0. The number of fused-ring (bicyclic) bond motifs is 1. The van der Waals surface area contributed by atoms with Gasteiger partial charge >= 0.3 is 0 Å². The summed E-state index contributed by atoms with van der Waals surface area (Å²) in [6.45, 7) is 0. The molecule has 2 heterocycles. The topological polar surface area (TPSA) is 61.4 Å². The van der Waals surface area contributed by atoms with Crippen LogP contribution >= 0.6 is 27.3 Å². The van der Waals surface area contributed by atoms with E-state index in [0.29, 0.717) is 11.1 Å². The molecule has 2 amide bonds. The van der Waals surface area contributed by atoms with E-state index in [4.69, 9.17) is 0 Å². The van der Waals surface area contributed by atoms with Crippen LogP contribution in [0.25, 0.3) is 0 Å². The lowest BCUT2D eigenvalue weighted by Crippen LogP contribution is -2.52. The van der Waals surface area contributed by atoms with E-state index < -0.39 is 6.17 Å². The van der Waals surface area contributed by atoms with Gasteiger partial charge < -0.3 is 5.32 Å². The summed E-state index contributed by atoms with van der Waals surface area (Å²) in [7, 11) is 0. The molecule has 26 heavy (non-hydrogen) atoms. The highest BCUT2D eigenvalue weighted by molar-refractivity contribution is 9.10. The van der Waals surface area contributed by atoms with Gasteiger partial charge in [-0.15, -0.1) is 11.3 Å². The van der Waals surface area contributed by atoms with E-state index in [0.717, 1.165) is 15.0 Å². The van der Waals surface area contributed by atoms with E-state index in [1.54, 1.807) is 36.4 Å². The van der Waals surface area contributed by atoms with Crippen LogP contribution in [0.15, 0.2) is 70.5 Å². The molecule has 1 aliphatic rings. The second kappa shape index (κ2) is 6.93. The SMILES string of the molecule is O=C(NN1C(=O)c2ccccc2NC1c1cccs1)c1ccc(Br)cc1. The van der Waals surface area contributed by atoms with Crippen LogP contribution in [-0.4, -0.2) is 16.8 Å². The quantitative estimate of drug-likeness (QED) is 0.649. The molecule has 0 saturated carbocycles. The van der Waals surface area contributed by atoms with Crippen molar-refractivity contribution in [3.63, 3.8) is 0 Å². The van der Waals surface area contributed by atoms with Crippen LogP contribution in [0.1, 0.15) is 31.8 Å². The number of halogens is 1. The first-order valence-electron chi connectivity index (χ1n) is 7.92. The zero-order chi connectivity index (χ0) is 18.1. The smallest absolute Gasteiger partial charge is 0.276 e. The Kier molecular flexibility index (Phi) is 4.48. The largest absolute Gasteiger partial charge is 0.359 e. The zero-order valence-electron chi connectivity index (χ0n) is 13.5. The number of thiophene rings is 1. The Morgan fingerprint density at radius 1 is 1.08 bits per heavy atom. The van der Waals surface area contributed by atoms with E-state index in [1.165, 1.54) is 16.3 Å². The Morgan fingerprint density at radius 3 is 2.58 bits per heavy atom. The second-order valence-corrected chi connectivity index (χ2v) is 7.63. The van der Waals surface area contributed by atoms with Gasteiger partial charge in [0, 0.05) is 20.6 Å². The van der Waals surface area contributed by atoms with Crippen LogP contribution in [0, 0.1) is 0 Å². The van der Waals surface area contributed by atoms with E-state index >= 15 is 0 Å². The Bertz CT molecular complexity index is 957. The number of hydrazine groups is 1. The summed E-state index contributed by atoms with van der Waals surface area (Å²) in [6.07, 6.45) is -0.461. The second-order valence-electron chi connectivity index (χ2n) is 5.73. The molecule has 0 radical (unpaired) electrons. The Labute approximate surface area is 162 Å². The minimum atomic E-state index is -0.461. The summed E-state index contributed by atoms with van der Waals surface area (Å²) in [6, 6.07) is 18.1. The molecule has 7 heteroatoms. The summed E-state index contributed by atoms with van der Waals surface area (Å²) in [5.74, 6) is -0.586. The van der Waals surface area contributed by atoms with Crippen LogP contribution in [0.2, 0.25) is 0 Å². The molecule has 0 fully saturated rings. The lowest BCUT2D eigenvalue weighted by atomic mass is 10.1. The van der Waals surface area contributed by atoms with E-state index in [1.807, 2.05) is 29.6 Å². The number of hydrogen-bond acceptors (Lipinski definition) is 4. The number of rotatable bonds is 3. The molecule has 3 aromatic rings. The molecule has 0 bridgehead atoms. The molecule has 130 valence electrons. The Balaban J connectivity index is 1.68. The van der Waals surface area contributed by atoms with Crippen molar-refractivity contribution in [1.82, 2.24) is 10.4 Å².